The van der Waals surface area contributed by atoms with Gasteiger partial charge in [0, 0.05) is 45.3 Å². The Hall–Kier alpha value is -4.12. The molecule has 6 rings (SSSR count). The highest BCUT2D eigenvalue weighted by Crippen LogP contribution is 2.39. The Kier molecular flexibility index (Phi) is 9.93. The maximum Gasteiger partial charge on any atom is 0.416 e. The number of carbonyl (C=O) groups is 1. The molecular formula is C31H34ClF6N9O2. The monoisotopic (exact) mass is 713 g/mol. The second-order valence-electron chi connectivity index (χ2n) is 12.1. The summed E-state index contributed by atoms with van der Waals surface area (Å²) in [6.07, 6.45) is -4.25. The molecule has 1 N–H and O–H groups in total. The standard InChI is InChI=1S/C31H34ClF6N9O2/c1-2-22-12-23(17-46(22)27-25(32)15-42-29(43-27)45-4-3-39-26(48)18-45)47(28-40-13-24(14-41-28)44-5-7-49-8-6-44)16-19-9-20(30(33,34)35)11-21(10-19)31(36,37)38/h9-11,13-15,22-23H,2-8,12,16-18H2,1H3,(H,39,48)/t22-,23+/m1/s1. The van der Waals surface area contributed by atoms with Crippen LogP contribution in [0.15, 0.2) is 36.8 Å². The van der Waals surface area contributed by atoms with Crippen molar-refractivity contribution in [2.75, 3.05) is 72.1 Å². The highest BCUT2D eigenvalue weighted by Gasteiger charge is 2.40. The lowest BCUT2D eigenvalue weighted by Crippen LogP contribution is -2.48. The van der Waals surface area contributed by atoms with Gasteiger partial charge in [0.1, 0.15) is 5.02 Å². The fraction of sp³-hybridized carbons (Fsp3) is 0.516. The quantitative estimate of drug-likeness (QED) is 0.328. The molecule has 1 aromatic carbocycles. The summed E-state index contributed by atoms with van der Waals surface area (Å²) in [5, 5.41) is 3.01. The van der Waals surface area contributed by atoms with Crippen molar-refractivity contribution in [3.05, 3.63) is 58.5 Å². The SMILES string of the molecule is CC[C@@H]1C[C@H](N(Cc2cc(C(F)(F)F)cc(C(F)(F)F)c2)c2ncc(N3CCOCC3)cn2)CN1c1nc(N2CCNC(=O)C2)ncc1Cl. The van der Waals surface area contributed by atoms with Crippen molar-refractivity contribution in [3.8, 4) is 0 Å². The van der Waals surface area contributed by atoms with E-state index in [2.05, 4.69) is 20.3 Å². The lowest BCUT2D eigenvalue weighted by Gasteiger charge is -2.32. The predicted octanol–water partition coefficient (Wildman–Crippen LogP) is 4.79. The van der Waals surface area contributed by atoms with E-state index in [1.54, 1.807) is 22.2 Å². The Bertz CT molecular complexity index is 1610. The number of anilines is 4. The van der Waals surface area contributed by atoms with Crippen molar-refractivity contribution in [3.63, 3.8) is 0 Å². The third-order valence-electron chi connectivity index (χ3n) is 8.87. The fourth-order valence-corrected chi connectivity index (χ4v) is 6.59. The third kappa shape index (κ3) is 7.87. The van der Waals surface area contributed by atoms with E-state index in [9.17, 15) is 31.1 Å². The summed E-state index contributed by atoms with van der Waals surface area (Å²) in [5.74, 6) is 0.708. The first kappa shape index (κ1) is 34.7. The first-order valence-electron chi connectivity index (χ1n) is 15.8. The molecule has 49 heavy (non-hydrogen) atoms. The number of halogens is 7. The molecule has 0 bridgehead atoms. The minimum Gasteiger partial charge on any atom is -0.378 e. The van der Waals surface area contributed by atoms with E-state index >= 15 is 0 Å². The van der Waals surface area contributed by atoms with Crippen molar-refractivity contribution in [1.29, 1.82) is 0 Å². The van der Waals surface area contributed by atoms with Crippen molar-refractivity contribution in [1.82, 2.24) is 25.3 Å². The Labute approximate surface area is 283 Å². The minimum atomic E-state index is -4.99. The number of alkyl halides is 6. The van der Waals surface area contributed by atoms with E-state index in [4.69, 9.17) is 21.3 Å². The van der Waals surface area contributed by atoms with Gasteiger partial charge < -0.3 is 29.7 Å². The smallest absolute Gasteiger partial charge is 0.378 e. The second-order valence-corrected chi connectivity index (χ2v) is 12.5. The molecule has 0 saturated carbocycles. The molecule has 18 heteroatoms. The van der Waals surface area contributed by atoms with E-state index < -0.39 is 29.5 Å². The molecule has 5 heterocycles. The normalized spacial score (nSPS) is 20.5. The number of ether oxygens (including phenoxy) is 1. The minimum absolute atomic E-state index is 0.0728. The lowest BCUT2D eigenvalue weighted by molar-refractivity contribution is -0.143. The van der Waals surface area contributed by atoms with Gasteiger partial charge in [-0.3, -0.25) is 4.79 Å². The number of piperazine rings is 1. The molecule has 3 aromatic rings. The summed E-state index contributed by atoms with van der Waals surface area (Å²) in [4.78, 5) is 37.6. The van der Waals surface area contributed by atoms with Gasteiger partial charge >= 0.3 is 12.4 Å². The number of amides is 1. The topological polar surface area (TPSA) is 103 Å². The van der Waals surface area contributed by atoms with E-state index in [0.717, 1.165) is 17.8 Å². The Balaban J connectivity index is 1.36. The molecule has 0 aliphatic carbocycles. The zero-order chi connectivity index (χ0) is 34.9. The van der Waals surface area contributed by atoms with Crippen LogP contribution in [0.1, 0.15) is 36.5 Å². The average molecular weight is 714 g/mol. The first-order valence-corrected chi connectivity index (χ1v) is 16.2. The molecule has 0 spiro atoms. The maximum absolute atomic E-state index is 13.8. The number of benzene rings is 1. The molecular weight excluding hydrogens is 680 g/mol. The molecule has 11 nitrogen and oxygen atoms in total. The van der Waals surface area contributed by atoms with Gasteiger partial charge in [0.15, 0.2) is 5.82 Å². The molecule has 264 valence electrons. The van der Waals surface area contributed by atoms with Crippen molar-refractivity contribution in [2.45, 2.75) is 50.7 Å². The molecule has 2 aromatic heterocycles. The molecule has 3 saturated heterocycles. The van der Waals surface area contributed by atoms with Gasteiger partial charge in [-0.25, -0.2) is 15.0 Å². The van der Waals surface area contributed by atoms with Gasteiger partial charge in [-0.1, -0.05) is 18.5 Å². The first-order chi connectivity index (χ1) is 23.3. The zero-order valence-electron chi connectivity index (χ0n) is 26.4. The highest BCUT2D eigenvalue weighted by molar-refractivity contribution is 6.32. The highest BCUT2D eigenvalue weighted by atomic mass is 35.5. The maximum atomic E-state index is 13.8. The van der Waals surface area contributed by atoms with Crippen LogP contribution in [0.25, 0.3) is 0 Å². The van der Waals surface area contributed by atoms with Crippen LogP contribution in [-0.4, -0.2) is 90.4 Å². The molecule has 3 fully saturated rings. The molecule has 3 aliphatic heterocycles. The number of hydrogen-bond acceptors (Lipinski definition) is 10. The van der Waals surface area contributed by atoms with Crippen LogP contribution >= 0.6 is 11.6 Å². The fourth-order valence-electron chi connectivity index (χ4n) is 6.39. The van der Waals surface area contributed by atoms with Crippen molar-refractivity contribution in [2.24, 2.45) is 0 Å². The summed E-state index contributed by atoms with van der Waals surface area (Å²) < 4.78 is 88.2. The number of morpholine rings is 1. The summed E-state index contributed by atoms with van der Waals surface area (Å²) in [7, 11) is 0. The number of carbonyl (C=O) groups excluding carboxylic acids is 1. The van der Waals surface area contributed by atoms with E-state index in [0.29, 0.717) is 64.0 Å². The molecule has 3 aliphatic rings. The van der Waals surface area contributed by atoms with Crippen LogP contribution in [0.3, 0.4) is 0 Å². The van der Waals surface area contributed by atoms with Crippen LogP contribution in [0, 0.1) is 0 Å². The largest absolute Gasteiger partial charge is 0.416 e. The molecule has 2 atom stereocenters. The van der Waals surface area contributed by atoms with E-state index in [-0.39, 0.29) is 54.2 Å². The van der Waals surface area contributed by atoms with Gasteiger partial charge in [0.25, 0.3) is 0 Å². The Morgan fingerprint density at radius 3 is 2.24 bits per heavy atom. The van der Waals surface area contributed by atoms with Crippen LogP contribution in [0.4, 0.5) is 49.7 Å². The van der Waals surface area contributed by atoms with E-state index in [1.165, 1.54) is 6.20 Å². The number of nitrogens with one attached hydrogen (secondary N) is 1. The number of nitrogens with zero attached hydrogens (tertiary/aromatic N) is 8. The van der Waals surface area contributed by atoms with Gasteiger partial charge in [0.2, 0.25) is 17.8 Å². The van der Waals surface area contributed by atoms with Gasteiger partial charge in [-0.2, -0.15) is 31.3 Å². The Morgan fingerprint density at radius 2 is 1.63 bits per heavy atom. The molecule has 0 radical (unpaired) electrons. The molecule has 1 amide bonds. The second kappa shape index (κ2) is 14.0. The van der Waals surface area contributed by atoms with Crippen LogP contribution < -0.4 is 24.9 Å². The number of aromatic nitrogens is 4. The predicted molar refractivity (Wildman–Crippen MR) is 170 cm³/mol. The molecule has 0 unspecified atom stereocenters. The lowest BCUT2D eigenvalue weighted by atomic mass is 10.0. The van der Waals surface area contributed by atoms with Crippen LogP contribution in [0.5, 0.6) is 0 Å². The van der Waals surface area contributed by atoms with Crippen LogP contribution in [0.2, 0.25) is 5.02 Å². The van der Waals surface area contributed by atoms with Gasteiger partial charge in [0.05, 0.1) is 61.2 Å². The van der Waals surface area contributed by atoms with E-state index in [1.807, 2.05) is 16.7 Å². The van der Waals surface area contributed by atoms with Gasteiger partial charge in [-0.15, -0.1) is 0 Å². The van der Waals surface area contributed by atoms with Gasteiger partial charge in [-0.05, 0) is 36.6 Å². The van der Waals surface area contributed by atoms with Crippen LogP contribution in [-0.2, 0) is 28.4 Å². The summed E-state index contributed by atoms with van der Waals surface area (Å²) in [5.41, 5.74) is -2.27. The number of hydrogen-bond donors (Lipinski definition) is 1. The van der Waals surface area contributed by atoms with Crippen molar-refractivity contribution >= 4 is 40.9 Å². The Morgan fingerprint density at radius 1 is 0.959 bits per heavy atom. The summed E-state index contributed by atoms with van der Waals surface area (Å²) in [6.45, 7) is 5.18. The average Bonchev–Trinajstić information content (AvgIpc) is 3.51. The number of rotatable bonds is 8. The summed E-state index contributed by atoms with van der Waals surface area (Å²) >= 11 is 6.62. The third-order valence-corrected chi connectivity index (χ3v) is 9.14. The summed E-state index contributed by atoms with van der Waals surface area (Å²) in [6, 6.07) is 0.968. The van der Waals surface area contributed by atoms with Crippen molar-refractivity contribution < 1.29 is 35.9 Å². The zero-order valence-corrected chi connectivity index (χ0v) is 27.2.